The highest BCUT2D eigenvalue weighted by molar-refractivity contribution is 5.91. The number of hydrogen-bond donors (Lipinski definition) is 1. The Balaban J connectivity index is 1.85. The zero-order valence-corrected chi connectivity index (χ0v) is 15.9. The van der Waals surface area contributed by atoms with Crippen molar-refractivity contribution in [3.8, 4) is 0 Å². The SMILES string of the molecule is C=C1C(=O)O[C@@H]2C3C4(C=C[C@]3(C)OO4)[C@](C)(OC(=O)/C(C)=C/C)[C@H](O)C[C@@H]12. The van der Waals surface area contributed by atoms with Crippen molar-refractivity contribution < 1.29 is 33.9 Å². The summed E-state index contributed by atoms with van der Waals surface area (Å²) in [5, 5.41) is 11.1. The lowest BCUT2D eigenvalue weighted by Gasteiger charge is -2.44. The van der Waals surface area contributed by atoms with Gasteiger partial charge in [0.2, 0.25) is 0 Å². The van der Waals surface area contributed by atoms with Crippen molar-refractivity contribution >= 4 is 11.9 Å². The van der Waals surface area contributed by atoms with Gasteiger partial charge in [0.15, 0.2) is 11.2 Å². The molecule has 2 saturated heterocycles. The Kier molecular flexibility index (Phi) is 3.77. The molecular weight excluding hydrogens is 352 g/mol. The van der Waals surface area contributed by atoms with E-state index in [4.69, 9.17) is 19.2 Å². The first-order chi connectivity index (χ1) is 12.6. The third-order valence-electron chi connectivity index (χ3n) is 6.73. The molecule has 1 N–H and O–H groups in total. The summed E-state index contributed by atoms with van der Waals surface area (Å²) in [6, 6.07) is 0. The molecule has 0 aromatic carbocycles. The molecule has 0 amide bonds. The molecule has 2 heterocycles. The maximum atomic E-state index is 12.6. The normalized spacial score (nSPS) is 48.1. The molecule has 7 atom stereocenters. The summed E-state index contributed by atoms with van der Waals surface area (Å²) in [6.45, 7) is 10.7. The highest BCUT2D eigenvalue weighted by atomic mass is 17.2. The van der Waals surface area contributed by atoms with E-state index in [0.717, 1.165) is 0 Å². The molecule has 2 aliphatic carbocycles. The van der Waals surface area contributed by atoms with Gasteiger partial charge in [0.05, 0.1) is 12.0 Å². The zero-order valence-electron chi connectivity index (χ0n) is 15.9. The minimum atomic E-state index is -1.44. The minimum absolute atomic E-state index is 0.166. The predicted molar refractivity (Wildman–Crippen MR) is 93.0 cm³/mol. The number of aliphatic hydroxyl groups excluding tert-OH is 1. The van der Waals surface area contributed by atoms with Gasteiger partial charge in [-0.05, 0) is 40.2 Å². The van der Waals surface area contributed by atoms with E-state index < -0.39 is 52.8 Å². The fourth-order valence-corrected chi connectivity index (χ4v) is 4.84. The van der Waals surface area contributed by atoms with Crippen LogP contribution in [0.15, 0.2) is 36.0 Å². The van der Waals surface area contributed by atoms with Gasteiger partial charge in [-0.15, -0.1) is 0 Å². The first kappa shape index (κ1) is 18.4. The summed E-state index contributed by atoms with van der Waals surface area (Å²) in [4.78, 5) is 36.1. The number of carbonyl (C=O) groups excluding carboxylic acids is 2. The van der Waals surface area contributed by atoms with Gasteiger partial charge in [-0.2, -0.15) is 0 Å². The number of fused-ring (bicyclic) bond motifs is 1. The van der Waals surface area contributed by atoms with Gasteiger partial charge in [-0.1, -0.05) is 18.7 Å². The maximum Gasteiger partial charge on any atom is 0.334 e. The molecule has 1 saturated carbocycles. The molecule has 2 bridgehead atoms. The van der Waals surface area contributed by atoms with Gasteiger partial charge in [-0.25, -0.2) is 19.4 Å². The van der Waals surface area contributed by atoms with E-state index in [-0.39, 0.29) is 6.42 Å². The third-order valence-corrected chi connectivity index (χ3v) is 6.73. The van der Waals surface area contributed by atoms with Crippen molar-refractivity contribution in [3.63, 3.8) is 0 Å². The topological polar surface area (TPSA) is 91.3 Å². The Labute approximate surface area is 157 Å². The van der Waals surface area contributed by atoms with Crippen LogP contribution in [0, 0.1) is 11.8 Å². The number of aliphatic hydroxyl groups is 1. The van der Waals surface area contributed by atoms with Crippen molar-refractivity contribution in [1.29, 1.82) is 0 Å². The van der Waals surface area contributed by atoms with Crippen LogP contribution < -0.4 is 0 Å². The molecular formula is C20H24O7. The van der Waals surface area contributed by atoms with E-state index in [0.29, 0.717) is 11.1 Å². The molecule has 0 spiro atoms. The molecule has 4 aliphatic rings. The summed E-state index contributed by atoms with van der Waals surface area (Å²) in [6.07, 6.45) is 3.68. The van der Waals surface area contributed by atoms with E-state index in [1.54, 1.807) is 32.9 Å². The molecule has 3 fully saturated rings. The van der Waals surface area contributed by atoms with Crippen LogP contribution in [0.2, 0.25) is 0 Å². The van der Waals surface area contributed by atoms with Gasteiger partial charge >= 0.3 is 11.9 Å². The average molecular weight is 376 g/mol. The van der Waals surface area contributed by atoms with Crippen LogP contribution in [-0.2, 0) is 28.8 Å². The highest BCUT2D eigenvalue weighted by Gasteiger charge is 2.77. The summed E-state index contributed by atoms with van der Waals surface area (Å²) < 4.78 is 11.5. The second kappa shape index (κ2) is 5.53. The van der Waals surface area contributed by atoms with Crippen LogP contribution in [-0.4, -0.2) is 46.1 Å². The average Bonchev–Trinajstić information content (AvgIpc) is 3.18. The highest BCUT2D eigenvalue weighted by Crippen LogP contribution is 2.62. The summed E-state index contributed by atoms with van der Waals surface area (Å²) in [5.74, 6) is -1.93. The fourth-order valence-electron chi connectivity index (χ4n) is 4.84. The second-order valence-electron chi connectivity index (χ2n) is 8.18. The lowest BCUT2D eigenvalue weighted by atomic mass is 9.70. The van der Waals surface area contributed by atoms with Crippen LogP contribution >= 0.6 is 0 Å². The van der Waals surface area contributed by atoms with Gasteiger partial charge < -0.3 is 14.6 Å². The Bertz CT molecular complexity index is 798. The Morgan fingerprint density at radius 2 is 2.07 bits per heavy atom. The number of carbonyl (C=O) groups is 2. The predicted octanol–water partition coefficient (Wildman–Crippen LogP) is 1.76. The molecule has 2 unspecified atom stereocenters. The number of hydrogen-bond acceptors (Lipinski definition) is 7. The molecule has 7 heteroatoms. The molecule has 4 rings (SSSR count). The molecule has 2 aliphatic heterocycles. The Morgan fingerprint density at radius 3 is 2.67 bits per heavy atom. The molecule has 0 radical (unpaired) electrons. The number of ether oxygens (including phenoxy) is 2. The smallest absolute Gasteiger partial charge is 0.334 e. The Hall–Kier alpha value is -1.96. The first-order valence-corrected chi connectivity index (χ1v) is 9.11. The number of esters is 2. The first-order valence-electron chi connectivity index (χ1n) is 9.11. The summed E-state index contributed by atoms with van der Waals surface area (Å²) in [5.41, 5.74) is -2.87. The second-order valence-corrected chi connectivity index (χ2v) is 8.18. The maximum absolute atomic E-state index is 12.6. The molecule has 27 heavy (non-hydrogen) atoms. The standard InChI is InChI=1S/C20H24O7/c1-6-10(2)16(22)25-19(5)13(21)9-12-11(3)17(23)24-14(12)15-18(4)7-8-20(15,19)27-26-18/h6-8,12-15,21H,3,9H2,1-2,4-5H3/b10-6+/t12-,13+,14-,15?,18-,19+,20?/m0/s1. The van der Waals surface area contributed by atoms with E-state index in [1.807, 2.05) is 13.0 Å². The van der Waals surface area contributed by atoms with Crippen LogP contribution in [0.25, 0.3) is 0 Å². The van der Waals surface area contributed by atoms with Crippen LogP contribution in [0.5, 0.6) is 0 Å². The van der Waals surface area contributed by atoms with Crippen molar-refractivity contribution in [2.24, 2.45) is 11.8 Å². The monoisotopic (exact) mass is 376 g/mol. The van der Waals surface area contributed by atoms with E-state index >= 15 is 0 Å². The van der Waals surface area contributed by atoms with Gasteiger partial charge in [0.1, 0.15) is 11.7 Å². The van der Waals surface area contributed by atoms with Crippen molar-refractivity contribution in [2.75, 3.05) is 0 Å². The van der Waals surface area contributed by atoms with Crippen LogP contribution in [0.1, 0.15) is 34.1 Å². The van der Waals surface area contributed by atoms with Crippen molar-refractivity contribution in [2.45, 2.75) is 63.1 Å². The lowest BCUT2D eigenvalue weighted by molar-refractivity contribution is -0.366. The quantitative estimate of drug-likeness (QED) is 0.340. The van der Waals surface area contributed by atoms with Crippen LogP contribution in [0.3, 0.4) is 0 Å². The van der Waals surface area contributed by atoms with Gasteiger partial charge in [0.25, 0.3) is 0 Å². The Morgan fingerprint density at radius 1 is 1.37 bits per heavy atom. The van der Waals surface area contributed by atoms with Gasteiger partial charge in [0, 0.05) is 17.1 Å². The van der Waals surface area contributed by atoms with Crippen molar-refractivity contribution in [1.82, 2.24) is 0 Å². The molecule has 0 aromatic heterocycles. The fraction of sp³-hybridized carbons (Fsp3) is 0.600. The summed E-state index contributed by atoms with van der Waals surface area (Å²) >= 11 is 0. The third kappa shape index (κ3) is 2.13. The lowest BCUT2D eigenvalue weighted by Crippen LogP contribution is -2.63. The van der Waals surface area contributed by atoms with E-state index in [9.17, 15) is 14.7 Å². The van der Waals surface area contributed by atoms with Crippen molar-refractivity contribution in [3.05, 3.63) is 36.0 Å². The molecule has 0 aromatic rings. The summed E-state index contributed by atoms with van der Waals surface area (Å²) in [7, 11) is 0. The largest absolute Gasteiger partial charge is 0.458 e. The molecule has 146 valence electrons. The van der Waals surface area contributed by atoms with E-state index in [2.05, 4.69) is 6.58 Å². The minimum Gasteiger partial charge on any atom is -0.458 e. The zero-order chi connectivity index (χ0) is 19.8. The molecule has 7 nitrogen and oxygen atoms in total. The van der Waals surface area contributed by atoms with Crippen LogP contribution in [0.4, 0.5) is 0 Å². The van der Waals surface area contributed by atoms with E-state index in [1.165, 1.54) is 0 Å². The number of allylic oxidation sites excluding steroid dienone is 1. The number of rotatable bonds is 2. The van der Waals surface area contributed by atoms with Gasteiger partial charge in [-0.3, -0.25) is 0 Å².